The van der Waals surface area contributed by atoms with Gasteiger partial charge >= 0.3 is 0 Å². The van der Waals surface area contributed by atoms with Gasteiger partial charge in [0.2, 0.25) is 0 Å². The monoisotopic (exact) mass is 126 g/mol. The van der Waals surface area contributed by atoms with Crippen molar-refractivity contribution in [2.45, 2.75) is 20.8 Å². The standard InChI is InChI=1S/C8H14O/c1-4-7(2)8(3)5-6-9/h4-5,9H,6H2,1-3H3/b7-4-,8-5-. The molecular weight excluding hydrogens is 112 g/mol. The second-order valence-electron chi connectivity index (χ2n) is 2.04. The topological polar surface area (TPSA) is 20.2 Å². The highest BCUT2D eigenvalue weighted by molar-refractivity contribution is 5.25. The van der Waals surface area contributed by atoms with Crippen LogP contribution in [0.4, 0.5) is 0 Å². The summed E-state index contributed by atoms with van der Waals surface area (Å²) >= 11 is 0. The lowest BCUT2D eigenvalue weighted by Crippen LogP contribution is -1.81. The SMILES string of the molecule is C/C=C(C)\C(C)=C/CO. The van der Waals surface area contributed by atoms with Crippen LogP contribution in [0.15, 0.2) is 23.3 Å². The molecule has 1 heteroatoms. The summed E-state index contributed by atoms with van der Waals surface area (Å²) in [5.74, 6) is 0. The van der Waals surface area contributed by atoms with E-state index >= 15 is 0 Å². The van der Waals surface area contributed by atoms with Crippen molar-refractivity contribution < 1.29 is 5.11 Å². The third-order valence-electron chi connectivity index (χ3n) is 1.45. The van der Waals surface area contributed by atoms with Gasteiger partial charge in [-0.05, 0) is 20.8 Å². The smallest absolute Gasteiger partial charge is 0.0618 e. The number of aliphatic hydroxyl groups excluding tert-OH is 1. The Kier molecular flexibility index (Phi) is 4.06. The van der Waals surface area contributed by atoms with Gasteiger partial charge in [0.1, 0.15) is 0 Å². The highest BCUT2D eigenvalue weighted by Crippen LogP contribution is 2.05. The Labute approximate surface area is 56.7 Å². The van der Waals surface area contributed by atoms with Gasteiger partial charge in [0, 0.05) is 0 Å². The number of aliphatic hydroxyl groups is 1. The Balaban J connectivity index is 4.03. The molecule has 0 saturated carbocycles. The first-order valence-corrected chi connectivity index (χ1v) is 3.13. The fourth-order valence-corrected chi connectivity index (χ4v) is 0.526. The quantitative estimate of drug-likeness (QED) is 0.560. The lowest BCUT2D eigenvalue weighted by Gasteiger charge is -1.96. The molecule has 0 fully saturated rings. The molecule has 0 radical (unpaired) electrons. The lowest BCUT2D eigenvalue weighted by molar-refractivity contribution is 0.342. The maximum Gasteiger partial charge on any atom is 0.0618 e. The van der Waals surface area contributed by atoms with Gasteiger partial charge in [-0.25, -0.2) is 0 Å². The summed E-state index contributed by atoms with van der Waals surface area (Å²) in [6, 6.07) is 0. The van der Waals surface area contributed by atoms with E-state index in [9.17, 15) is 0 Å². The van der Waals surface area contributed by atoms with Gasteiger partial charge in [-0.2, -0.15) is 0 Å². The first-order chi connectivity index (χ1) is 4.22. The van der Waals surface area contributed by atoms with Gasteiger partial charge in [0.05, 0.1) is 6.61 Å². The van der Waals surface area contributed by atoms with Crippen molar-refractivity contribution in [3.05, 3.63) is 23.3 Å². The molecule has 0 aromatic heterocycles. The lowest BCUT2D eigenvalue weighted by atomic mass is 10.1. The van der Waals surface area contributed by atoms with Crippen molar-refractivity contribution >= 4 is 0 Å². The van der Waals surface area contributed by atoms with Gasteiger partial charge < -0.3 is 5.11 Å². The van der Waals surface area contributed by atoms with E-state index in [1.54, 1.807) is 6.08 Å². The van der Waals surface area contributed by atoms with Crippen molar-refractivity contribution in [2.75, 3.05) is 6.61 Å². The van der Waals surface area contributed by atoms with Crippen LogP contribution in [-0.2, 0) is 0 Å². The van der Waals surface area contributed by atoms with Crippen molar-refractivity contribution in [1.29, 1.82) is 0 Å². The fourth-order valence-electron chi connectivity index (χ4n) is 0.526. The molecule has 0 spiro atoms. The van der Waals surface area contributed by atoms with Crippen molar-refractivity contribution in [3.8, 4) is 0 Å². The normalized spacial score (nSPS) is 14.2. The summed E-state index contributed by atoms with van der Waals surface area (Å²) in [5.41, 5.74) is 2.38. The van der Waals surface area contributed by atoms with Crippen molar-refractivity contribution in [3.63, 3.8) is 0 Å². The van der Waals surface area contributed by atoms with Crippen LogP contribution in [0.2, 0.25) is 0 Å². The molecule has 0 bridgehead atoms. The molecule has 0 saturated heterocycles. The van der Waals surface area contributed by atoms with Gasteiger partial charge in [-0.3, -0.25) is 0 Å². The Morgan fingerprint density at radius 3 is 2.22 bits per heavy atom. The zero-order valence-corrected chi connectivity index (χ0v) is 6.31. The Morgan fingerprint density at radius 1 is 1.33 bits per heavy atom. The van der Waals surface area contributed by atoms with Crippen molar-refractivity contribution in [2.24, 2.45) is 0 Å². The largest absolute Gasteiger partial charge is 0.392 e. The molecule has 0 rings (SSSR count). The van der Waals surface area contributed by atoms with Crippen LogP contribution in [0.3, 0.4) is 0 Å². The van der Waals surface area contributed by atoms with Crippen LogP contribution in [0.1, 0.15) is 20.8 Å². The van der Waals surface area contributed by atoms with E-state index in [2.05, 4.69) is 0 Å². The number of rotatable bonds is 2. The first-order valence-electron chi connectivity index (χ1n) is 3.13. The molecule has 52 valence electrons. The summed E-state index contributed by atoms with van der Waals surface area (Å²) in [6.45, 7) is 6.15. The van der Waals surface area contributed by atoms with E-state index < -0.39 is 0 Å². The summed E-state index contributed by atoms with van der Waals surface area (Å²) in [6.07, 6.45) is 3.83. The Morgan fingerprint density at radius 2 is 1.89 bits per heavy atom. The number of allylic oxidation sites excluding steroid dienone is 3. The van der Waals surface area contributed by atoms with E-state index in [0.717, 1.165) is 5.57 Å². The van der Waals surface area contributed by atoms with Gasteiger partial charge in [0.25, 0.3) is 0 Å². The third kappa shape index (κ3) is 3.09. The van der Waals surface area contributed by atoms with Crippen LogP contribution in [-0.4, -0.2) is 11.7 Å². The summed E-state index contributed by atoms with van der Waals surface area (Å²) in [4.78, 5) is 0. The minimum Gasteiger partial charge on any atom is -0.392 e. The van der Waals surface area contributed by atoms with E-state index in [1.807, 2.05) is 26.8 Å². The zero-order valence-electron chi connectivity index (χ0n) is 6.31. The molecule has 0 aliphatic carbocycles. The molecule has 0 aliphatic heterocycles. The van der Waals surface area contributed by atoms with Crippen molar-refractivity contribution in [1.82, 2.24) is 0 Å². The molecular formula is C8H14O. The van der Waals surface area contributed by atoms with Crippen LogP contribution in [0.5, 0.6) is 0 Å². The summed E-state index contributed by atoms with van der Waals surface area (Å²) in [5, 5.41) is 8.48. The van der Waals surface area contributed by atoms with E-state index in [0.29, 0.717) is 0 Å². The van der Waals surface area contributed by atoms with Crippen LogP contribution in [0.25, 0.3) is 0 Å². The summed E-state index contributed by atoms with van der Waals surface area (Å²) < 4.78 is 0. The molecule has 0 aliphatic rings. The van der Waals surface area contributed by atoms with Crippen LogP contribution < -0.4 is 0 Å². The maximum atomic E-state index is 8.48. The second-order valence-corrected chi connectivity index (χ2v) is 2.04. The fraction of sp³-hybridized carbons (Fsp3) is 0.500. The zero-order chi connectivity index (χ0) is 7.28. The minimum absolute atomic E-state index is 0.136. The molecule has 0 unspecified atom stereocenters. The predicted molar refractivity (Wildman–Crippen MR) is 40.3 cm³/mol. The number of hydrogen-bond donors (Lipinski definition) is 1. The molecule has 0 amide bonds. The first kappa shape index (κ1) is 8.44. The van der Waals surface area contributed by atoms with E-state index in [4.69, 9.17) is 5.11 Å². The number of hydrogen-bond acceptors (Lipinski definition) is 1. The third-order valence-corrected chi connectivity index (χ3v) is 1.45. The van der Waals surface area contributed by atoms with Gasteiger partial charge in [-0.1, -0.05) is 23.3 Å². The highest BCUT2D eigenvalue weighted by Gasteiger charge is 1.87. The highest BCUT2D eigenvalue weighted by atomic mass is 16.2. The predicted octanol–water partition coefficient (Wildman–Crippen LogP) is 1.89. The van der Waals surface area contributed by atoms with E-state index in [-0.39, 0.29) is 6.61 Å². The average Bonchev–Trinajstić information content (AvgIpc) is 1.87. The average molecular weight is 126 g/mol. The Hall–Kier alpha value is -0.560. The van der Waals surface area contributed by atoms with Gasteiger partial charge in [-0.15, -0.1) is 0 Å². The van der Waals surface area contributed by atoms with E-state index in [1.165, 1.54) is 5.57 Å². The Bertz CT molecular complexity index is 132. The molecule has 9 heavy (non-hydrogen) atoms. The van der Waals surface area contributed by atoms with Crippen LogP contribution >= 0.6 is 0 Å². The molecule has 0 aromatic carbocycles. The molecule has 0 atom stereocenters. The molecule has 1 nitrogen and oxygen atoms in total. The minimum atomic E-state index is 0.136. The maximum absolute atomic E-state index is 8.48. The second kappa shape index (κ2) is 4.33. The summed E-state index contributed by atoms with van der Waals surface area (Å²) in [7, 11) is 0. The van der Waals surface area contributed by atoms with Crippen LogP contribution in [0, 0.1) is 0 Å². The molecule has 1 N–H and O–H groups in total. The molecule has 0 aromatic rings. The van der Waals surface area contributed by atoms with Gasteiger partial charge in [0.15, 0.2) is 0 Å². The molecule has 0 heterocycles.